The van der Waals surface area contributed by atoms with Crippen molar-refractivity contribution in [3.8, 4) is 11.4 Å². The minimum Gasteiger partial charge on any atom is -0.508 e. The number of anilines is 1. The molecule has 13 heteroatoms. The summed E-state index contributed by atoms with van der Waals surface area (Å²) in [6, 6.07) is 12.2. The van der Waals surface area contributed by atoms with E-state index in [4.69, 9.17) is 27.4 Å². The van der Waals surface area contributed by atoms with Crippen LogP contribution in [0.5, 0.6) is 5.75 Å². The van der Waals surface area contributed by atoms with Crippen molar-refractivity contribution in [3.63, 3.8) is 0 Å². The number of nitrogens with one attached hydrogen (secondary N) is 1. The minimum absolute atomic E-state index is 0.0131. The van der Waals surface area contributed by atoms with Crippen molar-refractivity contribution < 1.29 is 24.2 Å². The number of nitrogens with zero attached hydrogens (tertiary/aromatic N) is 2. The van der Waals surface area contributed by atoms with E-state index in [1.54, 1.807) is 30.3 Å². The first kappa shape index (κ1) is 24.5. The second-order valence-electron chi connectivity index (χ2n) is 8.13. The molecular formula is C24H18N4O7S2. The number of hydrogen-bond acceptors (Lipinski definition) is 11. The van der Waals surface area contributed by atoms with Gasteiger partial charge < -0.3 is 20.3 Å². The number of carbonyl (C=O) groups excluding carboxylic acids is 2. The van der Waals surface area contributed by atoms with E-state index in [1.165, 1.54) is 18.2 Å². The second kappa shape index (κ2) is 9.35. The third-order valence-electron chi connectivity index (χ3n) is 5.84. The molecule has 0 amide bonds. The minimum atomic E-state index is -1.80. The number of hydrogen-bond donors (Lipinski definition) is 3. The standard InChI is InChI=1S/C24H18N4O7S2/c25-22-26-19-17(20(31)27-22)37-23(33)28(19)15-10-13(29)6-7-14(15)18(36)24(16(30)8-9-35-24)11-34-21(32)12-4-2-1-3-5-12/h1-7,10,29H,8-9,11H2,(H3,25,26,27,31)/t24-/m0/s1. The number of thiocarbonyl (C=S) groups is 1. The Morgan fingerprint density at radius 2 is 2.00 bits per heavy atom. The van der Waals surface area contributed by atoms with Crippen molar-refractivity contribution in [2.24, 2.45) is 0 Å². The number of nitrogens with two attached hydrogens (primary N) is 1. The van der Waals surface area contributed by atoms with Crippen LogP contribution in [-0.4, -0.2) is 55.1 Å². The number of aromatic amines is 1. The number of carbonyl (C=O) groups is 2. The Balaban J connectivity index is 1.61. The molecule has 4 aromatic rings. The summed E-state index contributed by atoms with van der Waals surface area (Å²) in [5.41, 5.74) is 3.75. The zero-order valence-corrected chi connectivity index (χ0v) is 20.6. The highest BCUT2D eigenvalue weighted by Gasteiger charge is 2.49. The lowest BCUT2D eigenvalue weighted by molar-refractivity contribution is -0.128. The number of phenolic OH excluding ortho intramolecular Hbond substituents is 1. The summed E-state index contributed by atoms with van der Waals surface area (Å²) in [6.07, 6.45) is 0.0330. The number of nitrogen functional groups attached to an aromatic ring is 1. The van der Waals surface area contributed by atoms with Gasteiger partial charge in [-0.05, 0) is 24.3 Å². The van der Waals surface area contributed by atoms with Crippen LogP contribution in [0.1, 0.15) is 22.3 Å². The smallest absolute Gasteiger partial charge is 0.338 e. The molecule has 1 atom stereocenters. The zero-order chi connectivity index (χ0) is 26.3. The van der Waals surface area contributed by atoms with E-state index in [-0.39, 0.29) is 56.8 Å². The molecule has 188 valence electrons. The van der Waals surface area contributed by atoms with Crippen molar-refractivity contribution in [1.82, 2.24) is 14.5 Å². The van der Waals surface area contributed by atoms with Crippen LogP contribution >= 0.6 is 23.6 Å². The Morgan fingerprint density at radius 3 is 2.70 bits per heavy atom. The van der Waals surface area contributed by atoms with Crippen molar-refractivity contribution in [3.05, 3.63) is 79.7 Å². The Hall–Kier alpha value is -4.20. The van der Waals surface area contributed by atoms with Crippen LogP contribution in [0.15, 0.2) is 58.1 Å². The molecular weight excluding hydrogens is 520 g/mol. The SMILES string of the molecule is Nc1nc2c(sc(=O)n2-c2cc(O)ccc2C(=S)[C@@]2(COC(=O)c3ccccc3)OCCC2=O)c(=O)[nH]1. The van der Waals surface area contributed by atoms with E-state index in [1.807, 2.05) is 0 Å². The first-order valence-electron chi connectivity index (χ1n) is 10.9. The molecule has 1 fully saturated rings. The number of H-pyrrole nitrogens is 1. The molecule has 0 unspecified atom stereocenters. The predicted molar refractivity (Wildman–Crippen MR) is 139 cm³/mol. The zero-order valence-electron chi connectivity index (χ0n) is 18.9. The summed E-state index contributed by atoms with van der Waals surface area (Å²) in [5.74, 6) is -1.50. The van der Waals surface area contributed by atoms with Gasteiger partial charge in [-0.2, -0.15) is 4.98 Å². The Morgan fingerprint density at radius 1 is 1.24 bits per heavy atom. The fraction of sp³-hybridized carbons (Fsp3) is 0.167. The van der Waals surface area contributed by atoms with Crippen LogP contribution in [-0.2, 0) is 14.3 Å². The molecule has 37 heavy (non-hydrogen) atoms. The maximum atomic E-state index is 13.1. The molecule has 3 heterocycles. The van der Waals surface area contributed by atoms with Gasteiger partial charge in [-0.25, -0.2) is 9.36 Å². The predicted octanol–water partition coefficient (Wildman–Crippen LogP) is 1.73. The van der Waals surface area contributed by atoms with Crippen molar-refractivity contribution in [1.29, 1.82) is 0 Å². The van der Waals surface area contributed by atoms with Crippen molar-refractivity contribution in [2.75, 3.05) is 18.9 Å². The maximum Gasteiger partial charge on any atom is 0.338 e. The molecule has 0 spiro atoms. The number of esters is 1. The average molecular weight is 539 g/mol. The number of Topliss-reactive ketones (excluding diaryl/α,β-unsaturated/α-hetero) is 1. The lowest BCUT2D eigenvalue weighted by Gasteiger charge is -2.28. The number of aromatic nitrogens is 3. The Bertz CT molecular complexity index is 1690. The van der Waals surface area contributed by atoms with Gasteiger partial charge >= 0.3 is 10.8 Å². The Labute approximate surface area is 217 Å². The van der Waals surface area contributed by atoms with Crippen LogP contribution in [0, 0.1) is 0 Å². The molecule has 0 aliphatic carbocycles. The summed E-state index contributed by atoms with van der Waals surface area (Å²) >= 11 is 6.35. The van der Waals surface area contributed by atoms with Gasteiger partial charge in [-0.3, -0.25) is 19.4 Å². The molecule has 2 aromatic heterocycles. The molecule has 0 saturated carbocycles. The van der Waals surface area contributed by atoms with Crippen LogP contribution in [0.4, 0.5) is 5.95 Å². The van der Waals surface area contributed by atoms with Gasteiger partial charge in [0.25, 0.3) is 5.56 Å². The summed E-state index contributed by atoms with van der Waals surface area (Å²) in [4.78, 5) is 56.8. The average Bonchev–Trinajstić information content (AvgIpc) is 3.42. The van der Waals surface area contributed by atoms with Gasteiger partial charge in [0, 0.05) is 18.1 Å². The van der Waals surface area contributed by atoms with Gasteiger partial charge in [0.05, 0.1) is 22.7 Å². The summed E-state index contributed by atoms with van der Waals surface area (Å²) in [6.45, 7) is -0.451. The first-order chi connectivity index (χ1) is 17.7. The monoisotopic (exact) mass is 538 g/mol. The third-order valence-corrected chi connectivity index (χ3v) is 7.32. The Kier molecular flexibility index (Phi) is 6.19. The summed E-state index contributed by atoms with van der Waals surface area (Å²) in [5, 5.41) is 10.2. The summed E-state index contributed by atoms with van der Waals surface area (Å²) in [7, 11) is 0. The highest BCUT2D eigenvalue weighted by atomic mass is 32.1. The highest BCUT2D eigenvalue weighted by molar-refractivity contribution is 7.81. The second-order valence-corrected chi connectivity index (χ2v) is 9.50. The normalized spacial score (nSPS) is 17.2. The van der Waals surface area contributed by atoms with Crippen molar-refractivity contribution in [2.45, 2.75) is 12.0 Å². The molecule has 5 rings (SSSR count). The van der Waals surface area contributed by atoms with E-state index in [2.05, 4.69) is 9.97 Å². The molecule has 1 saturated heterocycles. The topological polar surface area (TPSA) is 167 Å². The number of phenols is 1. The van der Waals surface area contributed by atoms with E-state index < -0.39 is 34.4 Å². The number of benzene rings is 2. The molecule has 1 aliphatic rings. The maximum absolute atomic E-state index is 13.1. The first-order valence-corrected chi connectivity index (χ1v) is 12.1. The van der Waals surface area contributed by atoms with Gasteiger partial charge in [-0.1, -0.05) is 41.8 Å². The van der Waals surface area contributed by atoms with E-state index in [9.17, 15) is 24.3 Å². The van der Waals surface area contributed by atoms with Gasteiger partial charge in [0.15, 0.2) is 17.0 Å². The van der Waals surface area contributed by atoms with Crippen LogP contribution in [0.25, 0.3) is 16.0 Å². The number of rotatable bonds is 6. The van der Waals surface area contributed by atoms with Gasteiger partial charge in [0.2, 0.25) is 5.95 Å². The number of ketones is 1. The lowest BCUT2D eigenvalue weighted by Crippen LogP contribution is -2.49. The third kappa shape index (κ3) is 4.22. The van der Waals surface area contributed by atoms with Crippen LogP contribution in [0.2, 0.25) is 0 Å². The van der Waals surface area contributed by atoms with Gasteiger partial charge in [-0.15, -0.1) is 0 Å². The largest absolute Gasteiger partial charge is 0.508 e. The number of aromatic hydroxyl groups is 1. The van der Waals surface area contributed by atoms with Gasteiger partial charge in [0.1, 0.15) is 17.1 Å². The number of thiazole rings is 1. The van der Waals surface area contributed by atoms with Crippen molar-refractivity contribution >= 4 is 56.5 Å². The fourth-order valence-corrected chi connectivity index (χ4v) is 5.29. The number of ether oxygens (including phenoxy) is 2. The fourth-order valence-electron chi connectivity index (χ4n) is 4.06. The molecule has 4 N–H and O–H groups in total. The lowest BCUT2D eigenvalue weighted by atomic mass is 9.89. The van der Waals surface area contributed by atoms with E-state index in [0.717, 1.165) is 4.57 Å². The molecule has 0 radical (unpaired) electrons. The number of fused-ring (bicyclic) bond motifs is 1. The summed E-state index contributed by atoms with van der Waals surface area (Å²) < 4.78 is 12.3. The molecule has 1 aliphatic heterocycles. The van der Waals surface area contributed by atoms with E-state index >= 15 is 0 Å². The highest BCUT2D eigenvalue weighted by Crippen LogP contribution is 2.33. The van der Waals surface area contributed by atoms with Crippen LogP contribution in [0.3, 0.4) is 0 Å². The molecule has 11 nitrogen and oxygen atoms in total. The molecule has 2 aromatic carbocycles. The quantitative estimate of drug-likeness (QED) is 0.187. The van der Waals surface area contributed by atoms with E-state index in [0.29, 0.717) is 11.3 Å². The molecule has 0 bridgehead atoms. The van der Waals surface area contributed by atoms with Crippen LogP contribution < -0.4 is 16.2 Å².